The van der Waals surface area contributed by atoms with E-state index in [1.807, 2.05) is 36.4 Å². The maximum absolute atomic E-state index is 12.6. The topological polar surface area (TPSA) is 58.4 Å². The molecule has 0 unspecified atom stereocenters. The molecule has 3 N–H and O–H groups in total. The van der Waals surface area contributed by atoms with Crippen LogP contribution in [-0.2, 0) is 0 Å². The maximum atomic E-state index is 12.6. The Kier molecular flexibility index (Phi) is 5.09. The largest absolute Gasteiger partial charge is 0.399 e. The summed E-state index contributed by atoms with van der Waals surface area (Å²) in [5.41, 5.74) is 9.01. The molecule has 3 rings (SSSR count). The van der Waals surface area contributed by atoms with Crippen LogP contribution in [0.5, 0.6) is 0 Å². The molecule has 0 radical (unpaired) electrons. The number of carbonyl (C=O) groups excluding carboxylic acids is 1. The molecule has 4 nitrogen and oxygen atoms in total. The summed E-state index contributed by atoms with van der Waals surface area (Å²) in [6.07, 6.45) is 2.34. The number of benzene rings is 2. The number of halogens is 1. The van der Waals surface area contributed by atoms with Crippen molar-refractivity contribution in [3.63, 3.8) is 0 Å². The summed E-state index contributed by atoms with van der Waals surface area (Å²) in [7, 11) is 0. The van der Waals surface area contributed by atoms with Gasteiger partial charge in [0.2, 0.25) is 0 Å². The Morgan fingerprint density at radius 1 is 1.21 bits per heavy atom. The van der Waals surface area contributed by atoms with Gasteiger partial charge in [0.15, 0.2) is 0 Å². The van der Waals surface area contributed by atoms with E-state index in [0.29, 0.717) is 11.3 Å². The second kappa shape index (κ2) is 7.26. The van der Waals surface area contributed by atoms with Gasteiger partial charge in [0.05, 0.1) is 16.9 Å². The molecule has 2 aromatic carbocycles. The van der Waals surface area contributed by atoms with Gasteiger partial charge in [-0.25, -0.2) is 0 Å². The van der Waals surface area contributed by atoms with Gasteiger partial charge in [-0.15, -0.1) is 0 Å². The average molecular weight is 388 g/mol. The first-order valence-corrected chi connectivity index (χ1v) is 9.04. The number of anilines is 3. The van der Waals surface area contributed by atoms with E-state index in [9.17, 15) is 4.79 Å². The van der Waals surface area contributed by atoms with E-state index in [0.717, 1.165) is 34.9 Å². The van der Waals surface area contributed by atoms with Crippen molar-refractivity contribution < 1.29 is 4.79 Å². The van der Waals surface area contributed by atoms with Gasteiger partial charge in [-0.05, 0) is 65.0 Å². The molecule has 5 heteroatoms. The van der Waals surface area contributed by atoms with Crippen LogP contribution < -0.4 is 16.0 Å². The van der Waals surface area contributed by atoms with Crippen molar-refractivity contribution in [2.75, 3.05) is 29.0 Å². The second-order valence-electron chi connectivity index (χ2n) is 6.38. The third kappa shape index (κ3) is 3.73. The normalized spacial score (nSPS) is 15.3. The van der Waals surface area contributed by atoms with E-state index in [2.05, 4.69) is 33.1 Å². The number of nitrogen functional groups attached to an aromatic ring is 1. The highest BCUT2D eigenvalue weighted by Crippen LogP contribution is 2.32. The molecule has 2 aromatic rings. The Bertz CT molecular complexity index is 739. The number of nitrogens with zero attached hydrogens (tertiary/aromatic N) is 1. The number of rotatable bonds is 3. The molecule has 0 bridgehead atoms. The van der Waals surface area contributed by atoms with Gasteiger partial charge in [0.1, 0.15) is 0 Å². The molecule has 1 fully saturated rings. The van der Waals surface area contributed by atoms with Crippen molar-refractivity contribution in [2.45, 2.75) is 19.8 Å². The molecule has 0 spiro atoms. The standard InChI is InChI=1S/C19H22BrN3O/c1-13-8-10-23(11-9-13)18-7-6-14(21)12-17(18)22-19(24)15-4-2-3-5-16(15)20/h2-7,12-13H,8-11,21H2,1H3,(H,22,24). The third-order valence-corrected chi connectivity index (χ3v) is 5.20. The molecular weight excluding hydrogens is 366 g/mol. The number of amides is 1. The maximum Gasteiger partial charge on any atom is 0.256 e. The Hall–Kier alpha value is -2.01. The zero-order chi connectivity index (χ0) is 17.1. The summed E-state index contributed by atoms with van der Waals surface area (Å²) in [5.74, 6) is 0.619. The van der Waals surface area contributed by atoms with Crippen LogP contribution in [-0.4, -0.2) is 19.0 Å². The highest BCUT2D eigenvalue weighted by atomic mass is 79.9. The van der Waals surface area contributed by atoms with Crippen LogP contribution in [0.4, 0.5) is 17.1 Å². The summed E-state index contributed by atoms with van der Waals surface area (Å²) in [4.78, 5) is 15.0. The number of hydrogen-bond donors (Lipinski definition) is 2. The van der Waals surface area contributed by atoms with Crippen LogP contribution in [0.3, 0.4) is 0 Å². The SMILES string of the molecule is CC1CCN(c2ccc(N)cc2NC(=O)c2ccccc2Br)CC1. The fraction of sp³-hybridized carbons (Fsp3) is 0.316. The fourth-order valence-corrected chi connectivity index (χ4v) is 3.48. The molecule has 1 saturated heterocycles. The smallest absolute Gasteiger partial charge is 0.256 e. The summed E-state index contributed by atoms with van der Waals surface area (Å²) >= 11 is 3.43. The molecule has 0 atom stereocenters. The van der Waals surface area contributed by atoms with Crippen molar-refractivity contribution in [1.82, 2.24) is 0 Å². The van der Waals surface area contributed by atoms with Crippen LogP contribution in [0.2, 0.25) is 0 Å². The van der Waals surface area contributed by atoms with Crippen LogP contribution in [0.1, 0.15) is 30.1 Å². The van der Waals surface area contributed by atoms with E-state index in [4.69, 9.17) is 5.73 Å². The molecule has 1 heterocycles. The minimum atomic E-state index is -0.139. The number of carbonyl (C=O) groups is 1. The average Bonchev–Trinajstić information content (AvgIpc) is 2.56. The van der Waals surface area contributed by atoms with Gasteiger partial charge >= 0.3 is 0 Å². The van der Waals surface area contributed by atoms with Gasteiger partial charge in [0, 0.05) is 23.2 Å². The van der Waals surface area contributed by atoms with E-state index in [1.54, 1.807) is 6.07 Å². The van der Waals surface area contributed by atoms with Gasteiger partial charge < -0.3 is 16.0 Å². The molecule has 0 aromatic heterocycles. The predicted octanol–water partition coefficient (Wildman–Crippen LogP) is 4.52. The minimum Gasteiger partial charge on any atom is -0.399 e. The van der Waals surface area contributed by atoms with Gasteiger partial charge in [-0.2, -0.15) is 0 Å². The van der Waals surface area contributed by atoms with E-state index < -0.39 is 0 Å². The lowest BCUT2D eigenvalue weighted by atomic mass is 9.98. The van der Waals surface area contributed by atoms with Crippen molar-refractivity contribution >= 4 is 38.9 Å². The van der Waals surface area contributed by atoms with Gasteiger partial charge in [-0.3, -0.25) is 4.79 Å². The third-order valence-electron chi connectivity index (χ3n) is 4.51. The minimum absolute atomic E-state index is 0.139. The Labute approximate surface area is 151 Å². The number of hydrogen-bond acceptors (Lipinski definition) is 3. The van der Waals surface area contributed by atoms with Crippen molar-refractivity contribution in [3.8, 4) is 0 Å². The van der Waals surface area contributed by atoms with Crippen molar-refractivity contribution in [1.29, 1.82) is 0 Å². The predicted molar refractivity (Wildman–Crippen MR) is 104 cm³/mol. The summed E-state index contributed by atoms with van der Waals surface area (Å²) < 4.78 is 0.778. The van der Waals surface area contributed by atoms with Crippen molar-refractivity contribution in [2.24, 2.45) is 5.92 Å². The number of nitrogens with two attached hydrogens (primary N) is 1. The summed E-state index contributed by atoms with van der Waals surface area (Å²) in [6.45, 7) is 4.29. The van der Waals surface area contributed by atoms with Crippen LogP contribution in [0, 0.1) is 5.92 Å². The van der Waals surface area contributed by atoms with E-state index in [-0.39, 0.29) is 5.91 Å². The molecule has 24 heavy (non-hydrogen) atoms. The lowest BCUT2D eigenvalue weighted by Gasteiger charge is -2.33. The first kappa shape index (κ1) is 16.8. The number of piperidine rings is 1. The fourth-order valence-electron chi connectivity index (χ4n) is 3.01. The Balaban J connectivity index is 1.86. The Morgan fingerprint density at radius 3 is 2.62 bits per heavy atom. The molecule has 1 aliphatic rings. The Morgan fingerprint density at radius 2 is 1.92 bits per heavy atom. The van der Waals surface area contributed by atoms with E-state index in [1.165, 1.54) is 12.8 Å². The first-order chi connectivity index (χ1) is 11.5. The molecule has 0 aliphatic carbocycles. The van der Waals surface area contributed by atoms with Crippen LogP contribution in [0.25, 0.3) is 0 Å². The van der Waals surface area contributed by atoms with Crippen LogP contribution >= 0.6 is 15.9 Å². The first-order valence-electron chi connectivity index (χ1n) is 8.25. The quantitative estimate of drug-likeness (QED) is 0.761. The molecule has 126 valence electrons. The molecule has 1 aliphatic heterocycles. The second-order valence-corrected chi connectivity index (χ2v) is 7.23. The van der Waals surface area contributed by atoms with Crippen LogP contribution in [0.15, 0.2) is 46.9 Å². The molecular formula is C19H22BrN3O. The van der Waals surface area contributed by atoms with E-state index >= 15 is 0 Å². The zero-order valence-electron chi connectivity index (χ0n) is 13.8. The van der Waals surface area contributed by atoms with Crippen molar-refractivity contribution in [3.05, 3.63) is 52.5 Å². The van der Waals surface area contributed by atoms with Gasteiger partial charge in [-0.1, -0.05) is 19.1 Å². The lowest BCUT2D eigenvalue weighted by Crippen LogP contribution is -2.33. The summed E-state index contributed by atoms with van der Waals surface area (Å²) in [6, 6.07) is 13.1. The monoisotopic (exact) mass is 387 g/mol. The van der Waals surface area contributed by atoms with Gasteiger partial charge in [0.25, 0.3) is 5.91 Å². The summed E-state index contributed by atoms with van der Waals surface area (Å²) in [5, 5.41) is 3.03. The number of nitrogens with one attached hydrogen (secondary N) is 1. The zero-order valence-corrected chi connectivity index (χ0v) is 15.3. The highest BCUT2D eigenvalue weighted by molar-refractivity contribution is 9.10. The lowest BCUT2D eigenvalue weighted by molar-refractivity contribution is 0.102. The molecule has 1 amide bonds. The highest BCUT2D eigenvalue weighted by Gasteiger charge is 2.20. The molecule has 0 saturated carbocycles.